The summed E-state index contributed by atoms with van der Waals surface area (Å²) in [6.07, 6.45) is 3.71. The fourth-order valence-electron chi connectivity index (χ4n) is 3.34. The Morgan fingerprint density at radius 2 is 1.76 bits per heavy atom. The average molecular weight is 417 g/mol. The largest absolute Gasteiger partial charge is 0.322 e. The number of nitrogens with one attached hydrogen (secondary N) is 1. The summed E-state index contributed by atoms with van der Waals surface area (Å²) in [5, 5.41) is 13.5. The number of non-ortho nitro benzene ring substituents is 1. The second-order valence-electron chi connectivity index (χ2n) is 7.06. The van der Waals surface area contributed by atoms with E-state index in [1.54, 1.807) is 19.1 Å². The van der Waals surface area contributed by atoms with Crippen LogP contribution in [-0.2, 0) is 10.0 Å². The molecule has 154 valence electrons. The molecule has 29 heavy (non-hydrogen) atoms. The third-order valence-electron chi connectivity index (χ3n) is 4.95. The van der Waals surface area contributed by atoms with E-state index < -0.39 is 20.9 Å². The summed E-state index contributed by atoms with van der Waals surface area (Å²) in [5.74, 6) is -0.546. The summed E-state index contributed by atoms with van der Waals surface area (Å²) in [6.45, 7) is 2.70. The molecule has 1 aliphatic rings. The Labute approximate surface area is 169 Å². The number of carbonyl (C=O) groups excluding carboxylic acids is 1. The van der Waals surface area contributed by atoms with E-state index >= 15 is 0 Å². The summed E-state index contributed by atoms with van der Waals surface area (Å²) >= 11 is 0. The predicted octanol–water partition coefficient (Wildman–Crippen LogP) is 3.72. The lowest BCUT2D eigenvalue weighted by Crippen LogP contribution is -2.32. The Morgan fingerprint density at radius 1 is 1.07 bits per heavy atom. The van der Waals surface area contributed by atoms with Gasteiger partial charge in [0.05, 0.1) is 9.82 Å². The molecule has 0 aromatic heterocycles. The number of carbonyl (C=O) groups is 1. The molecule has 0 saturated carbocycles. The lowest BCUT2D eigenvalue weighted by Gasteiger charge is -2.21. The van der Waals surface area contributed by atoms with E-state index in [1.807, 2.05) is 0 Å². The van der Waals surface area contributed by atoms with Crippen LogP contribution in [0.15, 0.2) is 47.4 Å². The molecule has 2 aromatic rings. The summed E-state index contributed by atoms with van der Waals surface area (Å²) in [6, 6.07) is 10.1. The van der Waals surface area contributed by atoms with Crippen LogP contribution in [0.5, 0.6) is 0 Å². The number of nitrogens with zero attached hydrogens (tertiary/aromatic N) is 2. The summed E-state index contributed by atoms with van der Waals surface area (Å²) < 4.78 is 27.8. The van der Waals surface area contributed by atoms with Gasteiger partial charge in [0, 0.05) is 36.5 Å². The van der Waals surface area contributed by atoms with Crippen LogP contribution in [-0.4, -0.2) is 36.6 Å². The van der Waals surface area contributed by atoms with Crippen LogP contribution in [0.4, 0.5) is 11.4 Å². The third kappa shape index (κ3) is 4.80. The highest BCUT2D eigenvalue weighted by Crippen LogP contribution is 2.26. The molecule has 1 aliphatic heterocycles. The van der Waals surface area contributed by atoms with Crippen LogP contribution in [0, 0.1) is 17.0 Å². The molecule has 1 fully saturated rings. The van der Waals surface area contributed by atoms with Gasteiger partial charge in [-0.2, -0.15) is 4.31 Å². The van der Waals surface area contributed by atoms with Crippen LogP contribution in [0.1, 0.15) is 41.6 Å². The van der Waals surface area contributed by atoms with Crippen molar-refractivity contribution in [3.8, 4) is 0 Å². The third-order valence-corrected chi connectivity index (χ3v) is 6.99. The molecular weight excluding hydrogens is 394 g/mol. The number of hydrogen-bond donors (Lipinski definition) is 1. The zero-order valence-corrected chi connectivity index (χ0v) is 16.9. The van der Waals surface area contributed by atoms with Gasteiger partial charge in [-0.05, 0) is 43.5 Å². The van der Waals surface area contributed by atoms with E-state index in [1.165, 1.54) is 34.6 Å². The van der Waals surface area contributed by atoms with E-state index in [-0.39, 0.29) is 16.1 Å². The Balaban J connectivity index is 1.86. The molecule has 0 atom stereocenters. The van der Waals surface area contributed by atoms with Gasteiger partial charge in [0.25, 0.3) is 11.6 Å². The summed E-state index contributed by atoms with van der Waals surface area (Å²) in [4.78, 5) is 23.0. The number of aryl methyl sites for hydroxylation is 1. The smallest absolute Gasteiger partial charge is 0.270 e. The van der Waals surface area contributed by atoms with Crippen LogP contribution >= 0.6 is 0 Å². The maximum absolute atomic E-state index is 13.1. The molecule has 0 radical (unpaired) electrons. The fourth-order valence-corrected chi connectivity index (χ4v) is 5.11. The normalized spacial score (nSPS) is 15.5. The quantitative estimate of drug-likeness (QED) is 0.589. The van der Waals surface area contributed by atoms with Crippen LogP contribution < -0.4 is 5.32 Å². The second-order valence-corrected chi connectivity index (χ2v) is 8.97. The number of amides is 1. The molecular formula is C20H23N3O5S. The van der Waals surface area contributed by atoms with Gasteiger partial charge in [0.2, 0.25) is 10.0 Å². The van der Waals surface area contributed by atoms with Gasteiger partial charge in [-0.25, -0.2) is 8.42 Å². The predicted molar refractivity (Wildman–Crippen MR) is 109 cm³/mol. The minimum Gasteiger partial charge on any atom is -0.322 e. The summed E-state index contributed by atoms with van der Waals surface area (Å²) in [7, 11) is -3.66. The first-order valence-corrected chi connectivity index (χ1v) is 10.9. The van der Waals surface area contributed by atoms with Crippen molar-refractivity contribution in [2.75, 3.05) is 18.4 Å². The van der Waals surface area contributed by atoms with Gasteiger partial charge in [-0.3, -0.25) is 14.9 Å². The lowest BCUT2D eigenvalue weighted by molar-refractivity contribution is -0.384. The first kappa shape index (κ1) is 20.9. The second kappa shape index (κ2) is 8.71. The first-order chi connectivity index (χ1) is 13.8. The van der Waals surface area contributed by atoms with Crippen molar-refractivity contribution in [2.24, 2.45) is 0 Å². The highest BCUT2D eigenvalue weighted by molar-refractivity contribution is 7.89. The molecule has 0 spiro atoms. The van der Waals surface area contributed by atoms with Crippen molar-refractivity contribution in [1.82, 2.24) is 4.31 Å². The van der Waals surface area contributed by atoms with E-state index in [0.29, 0.717) is 24.3 Å². The Morgan fingerprint density at radius 3 is 2.41 bits per heavy atom. The van der Waals surface area contributed by atoms with E-state index in [2.05, 4.69) is 5.32 Å². The summed E-state index contributed by atoms with van der Waals surface area (Å²) in [5.41, 5.74) is 0.853. The first-order valence-electron chi connectivity index (χ1n) is 9.45. The molecule has 1 N–H and O–H groups in total. The van der Waals surface area contributed by atoms with Gasteiger partial charge in [0.1, 0.15) is 0 Å². The van der Waals surface area contributed by atoms with E-state index in [9.17, 15) is 23.3 Å². The monoisotopic (exact) mass is 417 g/mol. The molecule has 1 heterocycles. The molecule has 8 nitrogen and oxygen atoms in total. The maximum Gasteiger partial charge on any atom is 0.270 e. The standard InChI is InChI=1S/C20H23N3O5S/c1-15-9-10-17(21-20(24)16-7-6-8-18(13-16)23(25)26)14-19(15)29(27,28)22-11-4-2-3-5-12-22/h6-10,13-14H,2-5,11-12H2,1H3,(H,21,24). The van der Waals surface area contributed by atoms with E-state index in [0.717, 1.165) is 25.7 Å². The van der Waals surface area contributed by atoms with Gasteiger partial charge in [0.15, 0.2) is 0 Å². The van der Waals surface area contributed by atoms with Gasteiger partial charge in [-0.15, -0.1) is 0 Å². The Hall–Kier alpha value is -2.78. The fraction of sp³-hybridized carbons (Fsp3) is 0.350. The number of benzene rings is 2. The number of nitro benzene ring substituents is 1. The minimum atomic E-state index is -3.66. The minimum absolute atomic E-state index is 0.122. The molecule has 0 aliphatic carbocycles. The SMILES string of the molecule is Cc1ccc(NC(=O)c2cccc([N+](=O)[O-])c2)cc1S(=O)(=O)N1CCCCCC1. The van der Waals surface area contributed by atoms with Crippen molar-refractivity contribution < 1.29 is 18.1 Å². The number of rotatable bonds is 5. The molecule has 1 amide bonds. The molecule has 3 rings (SSSR count). The van der Waals surface area contributed by atoms with Gasteiger partial charge >= 0.3 is 0 Å². The number of nitro groups is 1. The Kier molecular flexibility index (Phi) is 6.29. The number of hydrogen-bond acceptors (Lipinski definition) is 5. The Bertz CT molecular complexity index is 1030. The van der Waals surface area contributed by atoms with E-state index in [4.69, 9.17) is 0 Å². The van der Waals surface area contributed by atoms with Crippen molar-refractivity contribution in [2.45, 2.75) is 37.5 Å². The van der Waals surface area contributed by atoms with Crippen LogP contribution in [0.3, 0.4) is 0 Å². The number of sulfonamides is 1. The van der Waals surface area contributed by atoms with Gasteiger partial charge in [-0.1, -0.05) is 25.0 Å². The van der Waals surface area contributed by atoms with Crippen molar-refractivity contribution in [3.05, 3.63) is 63.7 Å². The highest BCUT2D eigenvalue weighted by atomic mass is 32.2. The van der Waals surface area contributed by atoms with Crippen LogP contribution in [0.2, 0.25) is 0 Å². The molecule has 9 heteroatoms. The molecule has 0 bridgehead atoms. The zero-order valence-electron chi connectivity index (χ0n) is 16.1. The molecule has 0 unspecified atom stereocenters. The molecule has 1 saturated heterocycles. The van der Waals surface area contributed by atoms with Crippen molar-refractivity contribution in [1.29, 1.82) is 0 Å². The zero-order chi connectivity index (χ0) is 21.0. The van der Waals surface area contributed by atoms with Crippen molar-refractivity contribution >= 4 is 27.3 Å². The lowest BCUT2D eigenvalue weighted by atomic mass is 10.1. The maximum atomic E-state index is 13.1. The van der Waals surface area contributed by atoms with Gasteiger partial charge < -0.3 is 5.32 Å². The highest BCUT2D eigenvalue weighted by Gasteiger charge is 2.27. The number of anilines is 1. The molecule has 2 aromatic carbocycles. The average Bonchev–Trinajstić information content (AvgIpc) is 2.99. The van der Waals surface area contributed by atoms with Crippen LogP contribution in [0.25, 0.3) is 0 Å². The topological polar surface area (TPSA) is 110 Å². The van der Waals surface area contributed by atoms with Crippen molar-refractivity contribution in [3.63, 3.8) is 0 Å².